The van der Waals surface area contributed by atoms with Gasteiger partial charge in [-0.15, -0.1) is 0 Å². The molecule has 2 N–H and O–H groups in total. The van der Waals surface area contributed by atoms with Gasteiger partial charge < -0.3 is 15.3 Å². The fourth-order valence-electron chi connectivity index (χ4n) is 1.95. The summed E-state index contributed by atoms with van der Waals surface area (Å²) in [5.41, 5.74) is 0. The molecule has 1 rings (SSSR count). The molecule has 1 atom stereocenters. The van der Waals surface area contributed by atoms with Crippen molar-refractivity contribution in [2.24, 2.45) is 5.92 Å². The van der Waals surface area contributed by atoms with Crippen molar-refractivity contribution in [2.45, 2.75) is 39.8 Å². The van der Waals surface area contributed by atoms with E-state index >= 15 is 0 Å². The number of likely N-dealkylation sites (N-methyl/N-ethyl adjacent to an activating group) is 1. The molecule has 0 aromatic carbocycles. The molecule has 7 nitrogen and oxygen atoms in total. The van der Waals surface area contributed by atoms with Gasteiger partial charge in [-0.05, 0) is 18.9 Å². The molecule has 0 radical (unpaired) electrons. The molecule has 118 valence electrons. The van der Waals surface area contributed by atoms with Crippen LogP contribution in [0.25, 0.3) is 0 Å². The number of carbonyl (C=O) groups is 2. The summed E-state index contributed by atoms with van der Waals surface area (Å²) in [5.74, 6) is -0.844. The molecular weight excluding hydrogens is 272 g/mol. The molecule has 0 aliphatic carbocycles. The summed E-state index contributed by atoms with van der Waals surface area (Å²) in [7, 11) is 0. The van der Waals surface area contributed by atoms with Crippen LogP contribution in [0.5, 0.6) is 0 Å². The summed E-state index contributed by atoms with van der Waals surface area (Å²) >= 11 is 0. The number of carbonyl (C=O) groups excluding carboxylic acids is 1. The number of rotatable bonds is 8. The first-order chi connectivity index (χ1) is 9.93. The van der Waals surface area contributed by atoms with E-state index in [0.29, 0.717) is 19.6 Å². The number of nitrogens with zero attached hydrogens (tertiary/aromatic N) is 3. The van der Waals surface area contributed by atoms with E-state index in [4.69, 9.17) is 5.11 Å². The third-order valence-electron chi connectivity index (χ3n) is 3.34. The summed E-state index contributed by atoms with van der Waals surface area (Å²) in [5, 5.41) is 15.8. The zero-order valence-corrected chi connectivity index (χ0v) is 12.8. The van der Waals surface area contributed by atoms with E-state index in [1.165, 1.54) is 0 Å². The second kappa shape index (κ2) is 8.28. The average molecular weight is 296 g/mol. The molecule has 1 unspecified atom stereocenters. The van der Waals surface area contributed by atoms with Crippen LogP contribution in [-0.2, 0) is 11.3 Å². The fourth-order valence-corrected chi connectivity index (χ4v) is 1.95. The molecule has 0 aliphatic rings. The maximum absolute atomic E-state index is 12.2. The predicted octanol–water partition coefficient (Wildman–Crippen LogP) is 1.41. The molecule has 0 saturated heterocycles. The van der Waals surface area contributed by atoms with Crippen LogP contribution in [0, 0.1) is 5.92 Å². The maximum Gasteiger partial charge on any atom is 0.317 e. The Bertz CT molecular complexity index is 445. The molecule has 1 aromatic heterocycles. The van der Waals surface area contributed by atoms with E-state index in [9.17, 15) is 9.59 Å². The van der Waals surface area contributed by atoms with Crippen LogP contribution in [0.3, 0.4) is 0 Å². The first-order valence-electron chi connectivity index (χ1n) is 7.18. The van der Waals surface area contributed by atoms with Gasteiger partial charge in [0.25, 0.3) is 0 Å². The summed E-state index contributed by atoms with van der Waals surface area (Å²) < 4.78 is 1.76. The lowest BCUT2D eigenvalue weighted by molar-refractivity contribution is -0.137. The Labute approximate surface area is 124 Å². The van der Waals surface area contributed by atoms with Gasteiger partial charge in [0.2, 0.25) is 0 Å². The van der Waals surface area contributed by atoms with Crippen molar-refractivity contribution in [1.29, 1.82) is 0 Å². The molecule has 1 heterocycles. The van der Waals surface area contributed by atoms with Gasteiger partial charge in [0.15, 0.2) is 0 Å². The Balaban J connectivity index is 2.54. The zero-order chi connectivity index (χ0) is 15.8. The van der Waals surface area contributed by atoms with Crippen molar-refractivity contribution in [3.63, 3.8) is 0 Å². The van der Waals surface area contributed by atoms with Crippen molar-refractivity contribution in [2.75, 3.05) is 13.1 Å². The lowest BCUT2D eigenvalue weighted by Crippen LogP contribution is -2.48. The van der Waals surface area contributed by atoms with E-state index in [1.54, 1.807) is 15.8 Å². The Kier molecular flexibility index (Phi) is 6.71. The number of aliphatic carboxylic acids is 1. The van der Waals surface area contributed by atoms with E-state index in [0.717, 1.165) is 0 Å². The highest BCUT2D eigenvalue weighted by Gasteiger charge is 2.21. The highest BCUT2D eigenvalue weighted by Crippen LogP contribution is 2.07. The van der Waals surface area contributed by atoms with Crippen LogP contribution in [0.4, 0.5) is 4.79 Å². The summed E-state index contributed by atoms with van der Waals surface area (Å²) in [6, 6.07) is 1.23. The predicted molar refractivity (Wildman–Crippen MR) is 78.9 cm³/mol. The van der Waals surface area contributed by atoms with Gasteiger partial charge in [-0.25, -0.2) is 4.79 Å². The minimum atomic E-state index is -0.909. The van der Waals surface area contributed by atoms with Gasteiger partial charge >= 0.3 is 12.0 Å². The quantitative estimate of drug-likeness (QED) is 0.759. The van der Waals surface area contributed by atoms with Crippen molar-refractivity contribution in [3.8, 4) is 0 Å². The van der Waals surface area contributed by atoms with Crippen molar-refractivity contribution in [1.82, 2.24) is 20.0 Å². The Morgan fingerprint density at radius 2 is 2.14 bits per heavy atom. The molecule has 0 saturated carbocycles. The Morgan fingerprint density at radius 3 is 2.62 bits per heavy atom. The maximum atomic E-state index is 12.2. The molecule has 1 aromatic rings. The molecule has 7 heteroatoms. The summed E-state index contributed by atoms with van der Waals surface area (Å²) in [6.45, 7) is 7.39. The van der Waals surface area contributed by atoms with E-state index in [1.807, 2.05) is 33.0 Å². The summed E-state index contributed by atoms with van der Waals surface area (Å²) in [6.07, 6.45) is 3.46. The molecule has 0 fully saturated rings. The largest absolute Gasteiger partial charge is 0.481 e. The molecule has 21 heavy (non-hydrogen) atoms. The summed E-state index contributed by atoms with van der Waals surface area (Å²) in [4.78, 5) is 24.7. The number of hydrogen-bond donors (Lipinski definition) is 2. The number of carboxylic acid groups (broad SMARTS) is 1. The molecule has 0 bridgehead atoms. The number of hydrogen-bond acceptors (Lipinski definition) is 3. The monoisotopic (exact) mass is 296 g/mol. The first-order valence-corrected chi connectivity index (χ1v) is 7.18. The van der Waals surface area contributed by atoms with Crippen LogP contribution < -0.4 is 5.32 Å². The number of amides is 2. The molecular formula is C14H24N4O3. The van der Waals surface area contributed by atoms with Crippen molar-refractivity contribution >= 4 is 12.0 Å². The third kappa shape index (κ3) is 5.85. The van der Waals surface area contributed by atoms with Gasteiger partial charge in [0.1, 0.15) is 0 Å². The SMILES string of the molecule is CCN(CCn1cccn1)C(=O)NC(CC(=O)O)C(C)C. The number of carboxylic acids is 1. The lowest BCUT2D eigenvalue weighted by Gasteiger charge is -2.26. The standard InChI is InChI=1S/C14H24N4O3/c1-4-17(8-9-18-7-5-6-15-18)14(21)16-12(11(2)3)10-13(19)20/h5-7,11-12H,4,8-10H2,1-3H3,(H,16,21)(H,19,20). The molecule has 0 spiro atoms. The van der Waals surface area contributed by atoms with Crippen LogP contribution in [-0.4, -0.2) is 50.9 Å². The van der Waals surface area contributed by atoms with Gasteiger partial charge in [-0.2, -0.15) is 5.10 Å². The molecule has 2 amide bonds. The van der Waals surface area contributed by atoms with Crippen LogP contribution >= 0.6 is 0 Å². The van der Waals surface area contributed by atoms with E-state index < -0.39 is 5.97 Å². The van der Waals surface area contributed by atoms with Gasteiger partial charge in [-0.3, -0.25) is 9.48 Å². The van der Waals surface area contributed by atoms with E-state index in [-0.39, 0.29) is 24.4 Å². The topological polar surface area (TPSA) is 87.5 Å². The van der Waals surface area contributed by atoms with Crippen LogP contribution in [0.15, 0.2) is 18.5 Å². The van der Waals surface area contributed by atoms with Gasteiger partial charge in [0, 0.05) is 31.5 Å². The second-order valence-electron chi connectivity index (χ2n) is 5.25. The Morgan fingerprint density at radius 1 is 1.43 bits per heavy atom. The first kappa shape index (κ1) is 17.0. The minimum absolute atomic E-state index is 0.0647. The number of aromatic nitrogens is 2. The van der Waals surface area contributed by atoms with Gasteiger partial charge in [-0.1, -0.05) is 13.8 Å². The number of nitrogens with one attached hydrogen (secondary N) is 1. The van der Waals surface area contributed by atoms with E-state index in [2.05, 4.69) is 10.4 Å². The lowest BCUT2D eigenvalue weighted by atomic mass is 10.0. The number of urea groups is 1. The smallest absolute Gasteiger partial charge is 0.317 e. The Hall–Kier alpha value is -2.05. The van der Waals surface area contributed by atoms with Crippen molar-refractivity contribution in [3.05, 3.63) is 18.5 Å². The highest BCUT2D eigenvalue weighted by molar-refractivity contribution is 5.76. The second-order valence-corrected chi connectivity index (χ2v) is 5.25. The van der Waals surface area contributed by atoms with Crippen LogP contribution in [0.1, 0.15) is 27.2 Å². The van der Waals surface area contributed by atoms with Gasteiger partial charge in [0.05, 0.1) is 13.0 Å². The molecule has 0 aliphatic heterocycles. The average Bonchev–Trinajstić information content (AvgIpc) is 2.91. The van der Waals surface area contributed by atoms with Crippen LogP contribution in [0.2, 0.25) is 0 Å². The zero-order valence-electron chi connectivity index (χ0n) is 12.8. The fraction of sp³-hybridized carbons (Fsp3) is 0.643. The van der Waals surface area contributed by atoms with Crippen molar-refractivity contribution < 1.29 is 14.7 Å². The minimum Gasteiger partial charge on any atom is -0.481 e. The third-order valence-corrected chi connectivity index (χ3v) is 3.34. The highest BCUT2D eigenvalue weighted by atomic mass is 16.4. The normalized spacial score (nSPS) is 12.2.